The maximum Gasteiger partial charge on any atom is 0.243 e. The Balaban J connectivity index is 2.10. The Morgan fingerprint density at radius 1 is 0.960 bits per heavy atom. The molecule has 0 unspecified atom stereocenters. The standard InChI is InChI=1S/C15H16F2N2O4S2/c1-24(20,21)19-12-6-7-15(14(17)10-12)25(22,23)18-9-8-11-4-2-3-5-13(11)16/h2-7,10,18-19H,8-9H2,1H3. The lowest BCUT2D eigenvalue weighted by atomic mass is 10.1. The summed E-state index contributed by atoms with van der Waals surface area (Å²) in [5, 5.41) is 0. The van der Waals surface area contributed by atoms with E-state index in [4.69, 9.17) is 0 Å². The largest absolute Gasteiger partial charge is 0.284 e. The summed E-state index contributed by atoms with van der Waals surface area (Å²) < 4.78 is 78.2. The highest BCUT2D eigenvalue weighted by Gasteiger charge is 2.19. The molecule has 25 heavy (non-hydrogen) atoms. The molecule has 0 aromatic heterocycles. The molecule has 2 rings (SSSR count). The van der Waals surface area contributed by atoms with Gasteiger partial charge in [-0.15, -0.1) is 0 Å². The van der Waals surface area contributed by atoms with Gasteiger partial charge >= 0.3 is 0 Å². The molecule has 0 saturated heterocycles. The summed E-state index contributed by atoms with van der Waals surface area (Å²) in [7, 11) is -7.77. The number of halogens is 2. The molecular formula is C15H16F2N2O4S2. The average molecular weight is 390 g/mol. The molecule has 0 bridgehead atoms. The number of sulfonamides is 2. The van der Waals surface area contributed by atoms with E-state index in [1.165, 1.54) is 18.2 Å². The minimum absolute atomic E-state index is 0.0923. The fourth-order valence-electron chi connectivity index (χ4n) is 2.10. The van der Waals surface area contributed by atoms with Crippen molar-refractivity contribution in [2.75, 3.05) is 17.5 Å². The van der Waals surface area contributed by atoms with Gasteiger partial charge in [-0.25, -0.2) is 30.3 Å². The number of nitrogens with one attached hydrogen (secondary N) is 2. The number of hydrogen-bond acceptors (Lipinski definition) is 4. The Bertz CT molecular complexity index is 977. The summed E-state index contributed by atoms with van der Waals surface area (Å²) in [5.41, 5.74) is 0.240. The van der Waals surface area contributed by atoms with Crippen LogP contribution in [0.15, 0.2) is 47.4 Å². The number of anilines is 1. The molecule has 0 heterocycles. The first-order valence-electron chi connectivity index (χ1n) is 7.09. The molecule has 0 amide bonds. The van der Waals surface area contributed by atoms with Crippen molar-refractivity contribution in [2.45, 2.75) is 11.3 Å². The predicted octanol–water partition coefficient (Wildman–Crippen LogP) is 1.86. The van der Waals surface area contributed by atoms with E-state index in [0.717, 1.165) is 24.5 Å². The molecule has 2 aromatic carbocycles. The molecule has 10 heteroatoms. The van der Waals surface area contributed by atoms with E-state index >= 15 is 0 Å². The highest BCUT2D eigenvalue weighted by molar-refractivity contribution is 7.92. The van der Waals surface area contributed by atoms with E-state index in [9.17, 15) is 25.6 Å². The van der Waals surface area contributed by atoms with Crippen molar-refractivity contribution in [3.63, 3.8) is 0 Å². The van der Waals surface area contributed by atoms with E-state index < -0.39 is 36.6 Å². The van der Waals surface area contributed by atoms with E-state index in [1.54, 1.807) is 6.07 Å². The molecule has 2 N–H and O–H groups in total. The van der Waals surface area contributed by atoms with Crippen molar-refractivity contribution in [3.05, 3.63) is 59.7 Å². The van der Waals surface area contributed by atoms with Crippen LogP contribution in [-0.4, -0.2) is 29.6 Å². The molecular weight excluding hydrogens is 374 g/mol. The molecule has 0 fully saturated rings. The van der Waals surface area contributed by atoms with Crippen molar-refractivity contribution in [2.24, 2.45) is 0 Å². The average Bonchev–Trinajstić information content (AvgIpc) is 2.47. The van der Waals surface area contributed by atoms with Crippen molar-refractivity contribution in [1.82, 2.24) is 4.72 Å². The lowest BCUT2D eigenvalue weighted by molar-refractivity contribution is 0.556. The Morgan fingerprint density at radius 3 is 2.24 bits per heavy atom. The molecule has 136 valence electrons. The minimum Gasteiger partial charge on any atom is -0.284 e. The second-order valence-electron chi connectivity index (χ2n) is 5.26. The van der Waals surface area contributed by atoms with Crippen LogP contribution in [0.25, 0.3) is 0 Å². The Kier molecular flexibility index (Phi) is 5.76. The molecule has 0 atom stereocenters. The first kappa shape index (κ1) is 19.3. The fraction of sp³-hybridized carbons (Fsp3) is 0.200. The SMILES string of the molecule is CS(=O)(=O)Nc1ccc(S(=O)(=O)NCCc2ccccc2F)c(F)c1. The lowest BCUT2D eigenvalue weighted by Gasteiger charge is -2.10. The van der Waals surface area contributed by atoms with Crippen molar-refractivity contribution in [3.8, 4) is 0 Å². The van der Waals surface area contributed by atoms with Crippen LogP contribution in [0, 0.1) is 11.6 Å². The van der Waals surface area contributed by atoms with E-state index in [-0.39, 0.29) is 18.7 Å². The van der Waals surface area contributed by atoms with Gasteiger partial charge in [0.2, 0.25) is 20.0 Å². The number of rotatable bonds is 7. The van der Waals surface area contributed by atoms with Gasteiger partial charge in [-0.05, 0) is 36.2 Å². The molecule has 0 aliphatic carbocycles. The summed E-state index contributed by atoms with van der Waals surface area (Å²) in [6, 6.07) is 8.79. The van der Waals surface area contributed by atoms with Gasteiger partial charge in [0.25, 0.3) is 0 Å². The van der Waals surface area contributed by atoms with Gasteiger partial charge in [0.15, 0.2) is 0 Å². The van der Waals surface area contributed by atoms with Crippen molar-refractivity contribution >= 4 is 25.7 Å². The molecule has 0 saturated carbocycles. The third-order valence-electron chi connectivity index (χ3n) is 3.17. The highest BCUT2D eigenvalue weighted by Crippen LogP contribution is 2.19. The maximum absolute atomic E-state index is 14.0. The summed E-state index contributed by atoms with van der Waals surface area (Å²) in [6.07, 6.45) is 0.987. The third kappa shape index (κ3) is 5.48. The van der Waals surface area contributed by atoms with Crippen LogP contribution < -0.4 is 9.44 Å². The van der Waals surface area contributed by atoms with E-state index in [0.29, 0.717) is 5.56 Å². The van der Waals surface area contributed by atoms with Gasteiger partial charge in [0, 0.05) is 6.54 Å². The van der Waals surface area contributed by atoms with Gasteiger partial charge in [-0.1, -0.05) is 18.2 Å². The zero-order valence-corrected chi connectivity index (χ0v) is 14.8. The molecule has 0 aliphatic heterocycles. The van der Waals surface area contributed by atoms with Gasteiger partial charge in [-0.2, -0.15) is 0 Å². The second-order valence-corrected chi connectivity index (χ2v) is 8.74. The molecule has 0 radical (unpaired) electrons. The van der Waals surface area contributed by atoms with E-state index in [2.05, 4.69) is 4.72 Å². The van der Waals surface area contributed by atoms with Crippen LogP contribution in [0.5, 0.6) is 0 Å². The molecule has 0 aliphatic rings. The number of hydrogen-bond donors (Lipinski definition) is 2. The summed E-state index contributed by atoms with van der Waals surface area (Å²) in [6.45, 7) is -0.119. The van der Waals surface area contributed by atoms with Crippen LogP contribution >= 0.6 is 0 Å². The van der Waals surface area contributed by atoms with Crippen molar-refractivity contribution in [1.29, 1.82) is 0 Å². The molecule has 0 spiro atoms. The van der Waals surface area contributed by atoms with Gasteiger partial charge in [-0.3, -0.25) is 4.72 Å². The molecule has 2 aromatic rings. The summed E-state index contributed by atoms with van der Waals surface area (Å²) in [5.74, 6) is -1.56. The summed E-state index contributed by atoms with van der Waals surface area (Å²) in [4.78, 5) is -0.625. The van der Waals surface area contributed by atoms with Crippen LogP contribution in [0.1, 0.15) is 5.56 Å². The van der Waals surface area contributed by atoms with Crippen LogP contribution in [0.3, 0.4) is 0 Å². The van der Waals surface area contributed by atoms with E-state index in [1.807, 2.05) is 4.72 Å². The Labute approximate surface area is 145 Å². The van der Waals surface area contributed by atoms with Crippen LogP contribution in [-0.2, 0) is 26.5 Å². The van der Waals surface area contributed by atoms with Crippen LogP contribution in [0.2, 0.25) is 0 Å². The maximum atomic E-state index is 14.0. The summed E-state index contributed by atoms with van der Waals surface area (Å²) >= 11 is 0. The quantitative estimate of drug-likeness (QED) is 0.755. The van der Waals surface area contributed by atoms with Gasteiger partial charge < -0.3 is 0 Å². The Hall–Kier alpha value is -2.04. The smallest absolute Gasteiger partial charge is 0.243 e. The predicted molar refractivity (Wildman–Crippen MR) is 90.2 cm³/mol. The lowest BCUT2D eigenvalue weighted by Crippen LogP contribution is -2.27. The minimum atomic E-state index is -4.16. The first-order valence-corrected chi connectivity index (χ1v) is 10.5. The zero-order chi connectivity index (χ0) is 18.7. The highest BCUT2D eigenvalue weighted by atomic mass is 32.2. The van der Waals surface area contributed by atoms with Gasteiger partial charge in [0.1, 0.15) is 16.5 Å². The first-order chi connectivity index (χ1) is 11.6. The molecule has 6 nitrogen and oxygen atoms in total. The zero-order valence-electron chi connectivity index (χ0n) is 13.2. The van der Waals surface area contributed by atoms with Gasteiger partial charge in [0.05, 0.1) is 11.9 Å². The third-order valence-corrected chi connectivity index (χ3v) is 5.27. The van der Waals surface area contributed by atoms with Crippen molar-refractivity contribution < 1.29 is 25.6 Å². The monoisotopic (exact) mass is 390 g/mol. The normalized spacial score (nSPS) is 12.1. The second kappa shape index (κ2) is 7.46. The Morgan fingerprint density at radius 2 is 1.64 bits per heavy atom. The topological polar surface area (TPSA) is 92.3 Å². The van der Waals surface area contributed by atoms with Crippen LogP contribution in [0.4, 0.5) is 14.5 Å². The fourth-order valence-corrected chi connectivity index (χ4v) is 3.74. The number of benzene rings is 2.